The lowest BCUT2D eigenvalue weighted by atomic mass is 10.2. The van der Waals surface area contributed by atoms with Crippen molar-refractivity contribution >= 4 is 15.7 Å². The van der Waals surface area contributed by atoms with Crippen LogP contribution in [0.4, 0.5) is 0 Å². The summed E-state index contributed by atoms with van der Waals surface area (Å²) in [6.07, 6.45) is 3.35. The lowest BCUT2D eigenvalue weighted by Crippen LogP contribution is -2.36. The molecule has 1 atom stereocenters. The smallest absolute Gasteiger partial charge is 0.271 e. The summed E-state index contributed by atoms with van der Waals surface area (Å²) in [4.78, 5) is 19.6. The largest absolute Gasteiger partial charge is 0.347 e. The van der Waals surface area contributed by atoms with Crippen LogP contribution in [0.25, 0.3) is 0 Å². The fourth-order valence-corrected chi connectivity index (χ4v) is 3.35. The zero-order valence-electron chi connectivity index (χ0n) is 9.38. The summed E-state index contributed by atoms with van der Waals surface area (Å²) in [6.45, 7) is 1.78. The summed E-state index contributed by atoms with van der Waals surface area (Å²) in [6, 6.07) is -0.310. The number of hydrogen-bond donors (Lipinski definition) is 1. The average Bonchev–Trinajstić information content (AvgIpc) is 2.59. The predicted octanol–water partition coefficient (Wildman–Crippen LogP) is -0.298. The Labute approximate surface area is 99.4 Å². The number of nitrogens with zero attached hydrogens (tertiary/aromatic N) is 2. The van der Waals surface area contributed by atoms with Crippen molar-refractivity contribution in [1.29, 1.82) is 0 Å². The van der Waals surface area contributed by atoms with Gasteiger partial charge in [-0.1, -0.05) is 0 Å². The van der Waals surface area contributed by atoms with Crippen molar-refractivity contribution in [2.75, 3.05) is 11.5 Å². The maximum absolute atomic E-state index is 11.7. The van der Waals surface area contributed by atoms with Crippen molar-refractivity contribution in [2.24, 2.45) is 0 Å². The Kier molecular flexibility index (Phi) is 3.10. The summed E-state index contributed by atoms with van der Waals surface area (Å²) < 4.78 is 22.4. The number of amides is 1. The normalized spacial score (nSPS) is 22.3. The number of nitrogens with one attached hydrogen (secondary N) is 1. The van der Waals surface area contributed by atoms with Crippen LogP contribution in [0.2, 0.25) is 0 Å². The van der Waals surface area contributed by atoms with Gasteiger partial charge in [-0.3, -0.25) is 9.78 Å². The molecule has 92 valence electrons. The van der Waals surface area contributed by atoms with Gasteiger partial charge in [-0.2, -0.15) is 0 Å². The van der Waals surface area contributed by atoms with E-state index in [1.165, 1.54) is 12.4 Å². The van der Waals surface area contributed by atoms with Gasteiger partial charge in [0.2, 0.25) is 0 Å². The molecule has 0 saturated carbocycles. The first-order valence-electron chi connectivity index (χ1n) is 5.26. The Morgan fingerprint density at radius 3 is 2.71 bits per heavy atom. The van der Waals surface area contributed by atoms with Crippen LogP contribution in [0.3, 0.4) is 0 Å². The maximum atomic E-state index is 11.7. The SMILES string of the molecule is Cc1cnc(C(=O)N[C@@H]2CCS(=O)(=O)C2)cn1. The molecule has 2 heterocycles. The first-order valence-corrected chi connectivity index (χ1v) is 7.08. The zero-order chi connectivity index (χ0) is 12.5. The van der Waals surface area contributed by atoms with Crippen LogP contribution in [0.1, 0.15) is 22.6 Å². The quantitative estimate of drug-likeness (QED) is 0.784. The summed E-state index contributed by atoms with van der Waals surface area (Å²) in [5.74, 6) is -0.227. The monoisotopic (exact) mass is 255 g/mol. The van der Waals surface area contributed by atoms with E-state index >= 15 is 0 Å². The molecule has 1 aromatic rings. The Morgan fingerprint density at radius 2 is 2.18 bits per heavy atom. The summed E-state index contributed by atoms with van der Waals surface area (Å²) in [5, 5.41) is 2.65. The Bertz CT molecular complexity index is 524. The first kappa shape index (κ1) is 12.0. The molecule has 7 heteroatoms. The molecule has 1 fully saturated rings. The van der Waals surface area contributed by atoms with E-state index in [1.54, 1.807) is 6.92 Å². The highest BCUT2D eigenvalue weighted by atomic mass is 32.2. The number of carbonyl (C=O) groups excluding carboxylic acids is 1. The third kappa shape index (κ3) is 3.00. The Morgan fingerprint density at radius 1 is 1.41 bits per heavy atom. The number of rotatable bonds is 2. The highest BCUT2D eigenvalue weighted by Gasteiger charge is 2.29. The van der Waals surface area contributed by atoms with E-state index in [0.29, 0.717) is 6.42 Å². The molecule has 1 N–H and O–H groups in total. The van der Waals surface area contributed by atoms with Crippen molar-refractivity contribution in [3.05, 3.63) is 23.8 Å². The molecule has 6 nitrogen and oxygen atoms in total. The van der Waals surface area contributed by atoms with Crippen molar-refractivity contribution in [2.45, 2.75) is 19.4 Å². The van der Waals surface area contributed by atoms with Gasteiger partial charge in [0.05, 0.1) is 23.4 Å². The Balaban J connectivity index is 2.01. The van der Waals surface area contributed by atoms with Crippen molar-refractivity contribution in [3.8, 4) is 0 Å². The number of carbonyl (C=O) groups is 1. The molecule has 0 bridgehead atoms. The fourth-order valence-electron chi connectivity index (χ4n) is 1.68. The minimum absolute atomic E-state index is 0.0119. The topological polar surface area (TPSA) is 89.0 Å². The lowest BCUT2D eigenvalue weighted by molar-refractivity contribution is 0.0935. The standard InChI is InChI=1S/C10H13N3O3S/c1-7-4-12-9(5-11-7)10(14)13-8-2-3-17(15,16)6-8/h4-5,8H,2-3,6H2,1H3,(H,13,14)/t8-/m1/s1. The van der Waals surface area contributed by atoms with Crippen LogP contribution in [0, 0.1) is 6.92 Å². The van der Waals surface area contributed by atoms with E-state index < -0.39 is 9.84 Å². The van der Waals surface area contributed by atoms with E-state index in [9.17, 15) is 13.2 Å². The molecule has 0 radical (unpaired) electrons. The fraction of sp³-hybridized carbons (Fsp3) is 0.500. The number of hydrogen-bond acceptors (Lipinski definition) is 5. The average molecular weight is 255 g/mol. The number of aromatic nitrogens is 2. The Hall–Kier alpha value is -1.50. The maximum Gasteiger partial charge on any atom is 0.271 e. The predicted molar refractivity (Wildman–Crippen MR) is 61.3 cm³/mol. The van der Waals surface area contributed by atoms with Crippen LogP contribution in [-0.2, 0) is 9.84 Å². The van der Waals surface area contributed by atoms with Gasteiger partial charge in [-0.25, -0.2) is 13.4 Å². The highest BCUT2D eigenvalue weighted by molar-refractivity contribution is 7.91. The molecule has 1 aliphatic rings. The van der Waals surface area contributed by atoms with Gasteiger partial charge in [0.1, 0.15) is 5.69 Å². The van der Waals surface area contributed by atoms with Crippen LogP contribution in [0.15, 0.2) is 12.4 Å². The molecular formula is C10H13N3O3S. The van der Waals surface area contributed by atoms with Gasteiger partial charge in [0.15, 0.2) is 9.84 Å². The minimum atomic E-state index is -2.98. The molecule has 0 aliphatic carbocycles. The van der Waals surface area contributed by atoms with Crippen LogP contribution in [-0.4, -0.2) is 41.8 Å². The summed E-state index contributed by atoms with van der Waals surface area (Å²) >= 11 is 0. The van der Waals surface area contributed by atoms with Crippen LogP contribution < -0.4 is 5.32 Å². The minimum Gasteiger partial charge on any atom is -0.347 e. The van der Waals surface area contributed by atoms with E-state index in [2.05, 4.69) is 15.3 Å². The molecule has 1 aliphatic heterocycles. The van der Waals surface area contributed by atoms with Crippen molar-refractivity contribution < 1.29 is 13.2 Å². The van der Waals surface area contributed by atoms with Crippen molar-refractivity contribution in [3.63, 3.8) is 0 Å². The molecule has 1 saturated heterocycles. The lowest BCUT2D eigenvalue weighted by Gasteiger charge is -2.09. The zero-order valence-corrected chi connectivity index (χ0v) is 10.2. The van der Waals surface area contributed by atoms with Gasteiger partial charge in [0, 0.05) is 12.2 Å². The molecule has 1 amide bonds. The van der Waals surface area contributed by atoms with E-state index in [1.807, 2.05) is 0 Å². The highest BCUT2D eigenvalue weighted by Crippen LogP contribution is 2.11. The number of aryl methyl sites for hydroxylation is 1. The van der Waals surface area contributed by atoms with E-state index in [0.717, 1.165) is 5.69 Å². The van der Waals surface area contributed by atoms with Gasteiger partial charge < -0.3 is 5.32 Å². The van der Waals surface area contributed by atoms with Gasteiger partial charge >= 0.3 is 0 Å². The molecule has 0 spiro atoms. The molecule has 17 heavy (non-hydrogen) atoms. The first-order chi connectivity index (χ1) is 7.96. The second-order valence-electron chi connectivity index (χ2n) is 4.12. The second-order valence-corrected chi connectivity index (χ2v) is 6.35. The van der Waals surface area contributed by atoms with Crippen molar-refractivity contribution in [1.82, 2.24) is 15.3 Å². The van der Waals surface area contributed by atoms with Gasteiger partial charge in [0.25, 0.3) is 5.91 Å². The molecular weight excluding hydrogens is 242 g/mol. The number of sulfone groups is 1. The molecule has 2 rings (SSSR count). The second kappa shape index (κ2) is 4.40. The summed E-state index contributed by atoms with van der Waals surface area (Å²) in [5.41, 5.74) is 0.935. The van der Waals surface area contributed by atoms with E-state index in [-0.39, 0.29) is 29.1 Å². The third-order valence-corrected chi connectivity index (χ3v) is 4.35. The van der Waals surface area contributed by atoms with Gasteiger partial charge in [-0.05, 0) is 13.3 Å². The molecule has 0 unspecified atom stereocenters. The molecule has 1 aromatic heterocycles. The van der Waals surface area contributed by atoms with Gasteiger partial charge in [-0.15, -0.1) is 0 Å². The third-order valence-electron chi connectivity index (χ3n) is 2.58. The molecule has 0 aromatic carbocycles. The van der Waals surface area contributed by atoms with E-state index in [4.69, 9.17) is 0 Å². The van der Waals surface area contributed by atoms with Crippen LogP contribution >= 0.6 is 0 Å². The summed E-state index contributed by atoms with van der Waals surface area (Å²) in [7, 11) is -2.98. The van der Waals surface area contributed by atoms with Crippen LogP contribution in [0.5, 0.6) is 0 Å².